The van der Waals surface area contributed by atoms with Crippen LogP contribution in [0, 0.1) is 5.41 Å². The first-order chi connectivity index (χ1) is 15.6. The highest BCUT2D eigenvalue weighted by atomic mass is 16.6. The minimum absolute atomic E-state index is 0.228. The fourth-order valence-electron chi connectivity index (χ4n) is 4.38. The van der Waals surface area contributed by atoms with Crippen LogP contribution in [-0.2, 0) is 14.9 Å². The summed E-state index contributed by atoms with van der Waals surface area (Å²) >= 11 is 0. The molecular weight excluding hydrogens is 428 g/mol. The van der Waals surface area contributed by atoms with Gasteiger partial charge in [-0.3, -0.25) is 4.79 Å². The van der Waals surface area contributed by atoms with Crippen LogP contribution in [0.5, 0.6) is 11.5 Å². The lowest BCUT2D eigenvalue weighted by molar-refractivity contribution is -0.146. The van der Waals surface area contributed by atoms with Crippen molar-refractivity contribution in [3.05, 3.63) is 59.2 Å². The summed E-state index contributed by atoms with van der Waals surface area (Å²) in [6, 6.07) is 13.4. The van der Waals surface area contributed by atoms with E-state index in [0.717, 1.165) is 23.3 Å². The van der Waals surface area contributed by atoms with Crippen LogP contribution in [0.2, 0.25) is 0 Å². The van der Waals surface area contributed by atoms with Crippen molar-refractivity contribution in [2.45, 2.75) is 91.8 Å². The van der Waals surface area contributed by atoms with E-state index < -0.39 is 22.4 Å². The van der Waals surface area contributed by atoms with Gasteiger partial charge in [-0.1, -0.05) is 39.0 Å². The number of carbonyl (C=O) groups is 2. The van der Waals surface area contributed by atoms with E-state index in [1.807, 2.05) is 58.0 Å². The molecule has 2 aromatic carbocycles. The number of carbonyl (C=O) groups excluding carboxylic acids is 2. The SMILES string of the molecule is CCC(C)(C)Oc1ccc(C(C)(C)c2ccc3c(c2)C(=O)OC(C)(C)CC(C)(C)C(=O)O3)cc1. The lowest BCUT2D eigenvalue weighted by Gasteiger charge is -2.31. The molecule has 1 aliphatic heterocycles. The number of fused-ring (bicyclic) bond motifs is 1. The van der Waals surface area contributed by atoms with Crippen LogP contribution in [-0.4, -0.2) is 23.1 Å². The third-order valence-corrected chi connectivity index (χ3v) is 6.73. The van der Waals surface area contributed by atoms with Crippen LogP contribution in [0.15, 0.2) is 42.5 Å². The zero-order valence-electron chi connectivity index (χ0n) is 22.0. The summed E-state index contributed by atoms with van der Waals surface area (Å²) < 4.78 is 17.6. The maximum atomic E-state index is 13.1. The average Bonchev–Trinajstić information content (AvgIpc) is 2.74. The Hall–Kier alpha value is -2.82. The van der Waals surface area contributed by atoms with E-state index >= 15 is 0 Å². The molecule has 0 aromatic heterocycles. The van der Waals surface area contributed by atoms with Gasteiger partial charge in [0.05, 0.1) is 5.41 Å². The zero-order chi connectivity index (χ0) is 25.5. The highest BCUT2D eigenvalue weighted by molar-refractivity contribution is 5.95. The topological polar surface area (TPSA) is 61.8 Å². The van der Waals surface area contributed by atoms with Crippen molar-refractivity contribution in [3.63, 3.8) is 0 Å². The molecule has 0 fully saturated rings. The summed E-state index contributed by atoms with van der Waals surface area (Å²) in [6.07, 6.45) is 1.27. The van der Waals surface area contributed by atoms with Gasteiger partial charge in [-0.15, -0.1) is 0 Å². The number of ether oxygens (including phenoxy) is 3. The maximum absolute atomic E-state index is 13.1. The van der Waals surface area contributed by atoms with Gasteiger partial charge in [-0.05, 0) is 83.4 Å². The van der Waals surface area contributed by atoms with Crippen molar-refractivity contribution in [2.75, 3.05) is 0 Å². The lowest BCUT2D eigenvalue weighted by Crippen LogP contribution is -2.38. The van der Waals surface area contributed by atoms with Gasteiger partial charge in [-0.25, -0.2) is 4.79 Å². The Bertz CT molecular complexity index is 1070. The molecule has 0 N–H and O–H groups in total. The summed E-state index contributed by atoms with van der Waals surface area (Å²) in [6.45, 7) is 17.7. The maximum Gasteiger partial charge on any atom is 0.342 e. The molecule has 1 heterocycles. The molecule has 0 spiro atoms. The van der Waals surface area contributed by atoms with Crippen LogP contribution in [0.4, 0.5) is 0 Å². The first-order valence-corrected chi connectivity index (χ1v) is 12.0. The zero-order valence-corrected chi connectivity index (χ0v) is 22.0. The standard InChI is InChI=1S/C29H38O5/c1-10-27(4,5)33-21-14-11-19(12-15-21)29(8,9)20-13-16-23-22(17-20)24(30)34-28(6,7)18-26(2,3)25(31)32-23/h11-17H,10,18H2,1-9H3. The third-order valence-electron chi connectivity index (χ3n) is 6.73. The van der Waals surface area contributed by atoms with E-state index in [-0.39, 0.29) is 22.9 Å². The van der Waals surface area contributed by atoms with Crippen LogP contribution in [0.25, 0.3) is 0 Å². The summed E-state index contributed by atoms with van der Waals surface area (Å²) in [5.41, 5.74) is 0.00195. The highest BCUT2D eigenvalue weighted by Gasteiger charge is 2.41. The van der Waals surface area contributed by atoms with E-state index in [1.54, 1.807) is 12.1 Å². The number of benzene rings is 2. The number of rotatable bonds is 5. The first-order valence-electron chi connectivity index (χ1n) is 12.0. The van der Waals surface area contributed by atoms with E-state index in [9.17, 15) is 9.59 Å². The Labute approximate surface area is 203 Å². The van der Waals surface area contributed by atoms with Gasteiger partial charge >= 0.3 is 11.9 Å². The molecule has 0 bridgehead atoms. The summed E-state index contributed by atoms with van der Waals surface area (Å²) in [5.74, 6) is 0.179. The molecule has 0 radical (unpaired) electrons. The molecule has 5 heteroatoms. The highest BCUT2D eigenvalue weighted by Crippen LogP contribution is 2.39. The van der Waals surface area contributed by atoms with Gasteiger partial charge < -0.3 is 14.2 Å². The Morgan fingerprint density at radius 2 is 1.50 bits per heavy atom. The number of hydrogen-bond donors (Lipinski definition) is 0. The molecular formula is C29H38O5. The molecule has 0 aliphatic carbocycles. The number of esters is 2. The van der Waals surface area contributed by atoms with E-state index in [1.165, 1.54) is 0 Å². The van der Waals surface area contributed by atoms with Gasteiger partial charge in [0.25, 0.3) is 0 Å². The Balaban J connectivity index is 1.98. The fraction of sp³-hybridized carbons (Fsp3) is 0.517. The molecule has 2 aromatic rings. The van der Waals surface area contributed by atoms with Crippen molar-refractivity contribution in [1.29, 1.82) is 0 Å². The molecule has 184 valence electrons. The normalized spacial score (nSPS) is 18.0. The van der Waals surface area contributed by atoms with E-state index in [0.29, 0.717) is 6.42 Å². The Morgan fingerprint density at radius 3 is 2.09 bits per heavy atom. The second-order valence-electron chi connectivity index (χ2n) is 11.7. The summed E-state index contributed by atoms with van der Waals surface area (Å²) in [4.78, 5) is 26.0. The van der Waals surface area contributed by atoms with Gasteiger partial charge in [0, 0.05) is 11.8 Å². The van der Waals surface area contributed by atoms with Gasteiger partial charge in [0.1, 0.15) is 28.3 Å². The van der Waals surface area contributed by atoms with Crippen LogP contribution >= 0.6 is 0 Å². The number of hydrogen-bond acceptors (Lipinski definition) is 5. The van der Waals surface area contributed by atoms with E-state index in [2.05, 4.69) is 34.6 Å². The number of cyclic esters (lactones) is 1. The molecule has 34 heavy (non-hydrogen) atoms. The molecule has 5 nitrogen and oxygen atoms in total. The van der Waals surface area contributed by atoms with Crippen LogP contribution in [0.3, 0.4) is 0 Å². The van der Waals surface area contributed by atoms with Crippen molar-refractivity contribution >= 4 is 11.9 Å². The smallest absolute Gasteiger partial charge is 0.342 e. The Morgan fingerprint density at radius 1 is 0.912 bits per heavy atom. The second kappa shape index (κ2) is 8.75. The van der Waals surface area contributed by atoms with Crippen molar-refractivity contribution in [3.8, 4) is 11.5 Å². The van der Waals surface area contributed by atoms with Crippen molar-refractivity contribution in [1.82, 2.24) is 0 Å². The molecule has 0 saturated heterocycles. The predicted octanol–water partition coefficient (Wildman–Crippen LogP) is 6.85. The second-order valence-corrected chi connectivity index (χ2v) is 11.7. The quantitative estimate of drug-likeness (QED) is 0.356. The molecule has 0 saturated carbocycles. The predicted molar refractivity (Wildman–Crippen MR) is 134 cm³/mol. The fourth-order valence-corrected chi connectivity index (χ4v) is 4.38. The minimum atomic E-state index is -0.811. The molecule has 3 rings (SSSR count). The summed E-state index contributed by atoms with van der Waals surface area (Å²) in [7, 11) is 0. The van der Waals surface area contributed by atoms with Crippen LogP contribution < -0.4 is 9.47 Å². The molecule has 0 amide bonds. The monoisotopic (exact) mass is 466 g/mol. The average molecular weight is 467 g/mol. The molecule has 0 unspecified atom stereocenters. The first kappa shape index (κ1) is 25.8. The van der Waals surface area contributed by atoms with Gasteiger partial charge in [-0.2, -0.15) is 0 Å². The van der Waals surface area contributed by atoms with Crippen molar-refractivity contribution < 1.29 is 23.8 Å². The Kier molecular flexibility index (Phi) is 6.64. The minimum Gasteiger partial charge on any atom is -0.488 e. The van der Waals surface area contributed by atoms with Gasteiger partial charge in [0.15, 0.2) is 0 Å². The molecule has 0 atom stereocenters. The van der Waals surface area contributed by atoms with Crippen LogP contribution in [0.1, 0.15) is 96.6 Å². The third kappa shape index (κ3) is 5.45. The molecule has 1 aliphatic rings. The van der Waals surface area contributed by atoms with Gasteiger partial charge in [0.2, 0.25) is 0 Å². The lowest BCUT2D eigenvalue weighted by atomic mass is 9.77. The van der Waals surface area contributed by atoms with E-state index in [4.69, 9.17) is 14.2 Å². The van der Waals surface area contributed by atoms with Crippen molar-refractivity contribution in [2.24, 2.45) is 5.41 Å². The largest absolute Gasteiger partial charge is 0.488 e. The summed E-state index contributed by atoms with van der Waals surface area (Å²) in [5, 5.41) is 0.